The van der Waals surface area contributed by atoms with Crippen molar-refractivity contribution in [3.63, 3.8) is 0 Å². The topological polar surface area (TPSA) is 69.6 Å². The monoisotopic (exact) mass is 980 g/mol. The zero-order valence-corrected chi connectivity index (χ0v) is 46.4. The number of carbonyl (C=O) groups excluding carboxylic acids is 1. The number of hydrogen-bond donors (Lipinski definition) is 3. The number of aliphatic hydroxyl groups is 2. The molecule has 404 valence electrons. The van der Waals surface area contributed by atoms with Gasteiger partial charge in [-0.25, -0.2) is 0 Å². The van der Waals surface area contributed by atoms with Crippen LogP contribution < -0.4 is 5.32 Å². The summed E-state index contributed by atoms with van der Waals surface area (Å²) in [7, 11) is 0. The Labute approximate surface area is 441 Å². The highest BCUT2D eigenvalue weighted by molar-refractivity contribution is 5.76. The molecule has 0 aliphatic heterocycles. The van der Waals surface area contributed by atoms with Crippen molar-refractivity contribution in [2.75, 3.05) is 6.61 Å². The highest BCUT2D eigenvalue weighted by Crippen LogP contribution is 2.15. The van der Waals surface area contributed by atoms with Crippen LogP contribution in [0.25, 0.3) is 0 Å². The first-order valence-corrected chi connectivity index (χ1v) is 29.9. The lowest BCUT2D eigenvalue weighted by Crippen LogP contribution is -2.45. The highest BCUT2D eigenvalue weighted by Gasteiger charge is 2.18. The average molecular weight is 981 g/mol. The Hall–Kier alpha value is -3.47. The van der Waals surface area contributed by atoms with Gasteiger partial charge in [-0.15, -0.1) is 0 Å². The summed E-state index contributed by atoms with van der Waals surface area (Å²) in [4.78, 5) is 12.5. The second-order valence-electron chi connectivity index (χ2n) is 19.7. The molecule has 0 saturated carbocycles. The van der Waals surface area contributed by atoms with Crippen LogP contribution in [0.3, 0.4) is 0 Å². The van der Waals surface area contributed by atoms with Crippen LogP contribution in [0.1, 0.15) is 264 Å². The summed E-state index contributed by atoms with van der Waals surface area (Å²) in [6.45, 7) is 4.19. The number of amides is 1. The fourth-order valence-electron chi connectivity index (χ4n) is 8.36. The van der Waals surface area contributed by atoms with Gasteiger partial charge in [0.2, 0.25) is 5.91 Å². The minimum Gasteiger partial charge on any atom is -0.394 e. The van der Waals surface area contributed by atoms with Crippen molar-refractivity contribution in [1.82, 2.24) is 5.32 Å². The Morgan fingerprint density at radius 2 is 0.634 bits per heavy atom. The van der Waals surface area contributed by atoms with E-state index in [1.54, 1.807) is 6.08 Å². The molecule has 1 amide bonds. The minimum absolute atomic E-state index is 0.0841. The van der Waals surface area contributed by atoms with Crippen molar-refractivity contribution in [3.8, 4) is 0 Å². The van der Waals surface area contributed by atoms with Crippen LogP contribution in [0.15, 0.2) is 134 Å². The third kappa shape index (κ3) is 57.3. The molecule has 0 aliphatic rings. The smallest absolute Gasteiger partial charge is 0.220 e. The molecule has 0 rings (SSSR count). The number of aliphatic hydroxyl groups excluding tert-OH is 2. The van der Waals surface area contributed by atoms with E-state index < -0.39 is 12.1 Å². The molecule has 2 unspecified atom stereocenters. The number of unbranched alkanes of at least 4 members (excludes halogenated alkanes) is 26. The van der Waals surface area contributed by atoms with Crippen molar-refractivity contribution in [3.05, 3.63) is 134 Å². The maximum absolute atomic E-state index is 12.5. The molecular formula is C67H113NO3. The molecule has 4 heteroatoms. The molecule has 0 fully saturated rings. The maximum Gasteiger partial charge on any atom is 0.220 e. The van der Waals surface area contributed by atoms with Gasteiger partial charge in [0, 0.05) is 6.42 Å². The molecular weight excluding hydrogens is 867 g/mol. The first-order valence-electron chi connectivity index (χ1n) is 29.9. The van der Waals surface area contributed by atoms with Gasteiger partial charge in [-0.05, 0) is 103 Å². The van der Waals surface area contributed by atoms with Gasteiger partial charge in [-0.1, -0.05) is 289 Å². The SMILES string of the molecule is CC/C=C\C/C=C\C/C=C\C/C=C\C/C=C\C/C=C\C/C=C\C/C=C\C/C=C\CCCCCCCCCCCC(=O)NC(CO)C(O)/C=C/CC/C=C/CCCCCCCCCCCCCCCCCC. The van der Waals surface area contributed by atoms with Gasteiger partial charge in [0.05, 0.1) is 18.8 Å². The van der Waals surface area contributed by atoms with Gasteiger partial charge in [-0.2, -0.15) is 0 Å². The molecule has 0 aromatic rings. The van der Waals surface area contributed by atoms with Gasteiger partial charge in [-0.3, -0.25) is 4.79 Å². The summed E-state index contributed by atoms with van der Waals surface area (Å²) in [5.41, 5.74) is 0. The van der Waals surface area contributed by atoms with Crippen molar-refractivity contribution in [1.29, 1.82) is 0 Å². The largest absolute Gasteiger partial charge is 0.394 e. The van der Waals surface area contributed by atoms with Crippen molar-refractivity contribution >= 4 is 5.91 Å². The fourth-order valence-corrected chi connectivity index (χ4v) is 8.36. The van der Waals surface area contributed by atoms with Crippen LogP contribution in [-0.2, 0) is 4.79 Å². The van der Waals surface area contributed by atoms with E-state index in [4.69, 9.17) is 0 Å². The van der Waals surface area contributed by atoms with Gasteiger partial charge in [0.15, 0.2) is 0 Å². The number of hydrogen-bond acceptors (Lipinski definition) is 3. The highest BCUT2D eigenvalue weighted by atomic mass is 16.3. The third-order valence-corrected chi connectivity index (χ3v) is 12.9. The Bertz CT molecular complexity index is 1440. The van der Waals surface area contributed by atoms with Crippen LogP contribution >= 0.6 is 0 Å². The summed E-state index contributed by atoms with van der Waals surface area (Å²) in [5, 5.41) is 23.2. The molecule has 71 heavy (non-hydrogen) atoms. The zero-order chi connectivity index (χ0) is 51.3. The van der Waals surface area contributed by atoms with Gasteiger partial charge in [0.25, 0.3) is 0 Å². The van der Waals surface area contributed by atoms with Crippen molar-refractivity contribution < 1.29 is 15.0 Å². The summed E-state index contributed by atoms with van der Waals surface area (Å²) in [6, 6.07) is -0.653. The minimum atomic E-state index is -0.875. The Balaban J connectivity index is 3.63. The maximum atomic E-state index is 12.5. The predicted molar refractivity (Wildman–Crippen MR) is 317 cm³/mol. The zero-order valence-electron chi connectivity index (χ0n) is 46.4. The number of carbonyl (C=O) groups is 1. The molecule has 3 N–H and O–H groups in total. The molecule has 4 nitrogen and oxygen atoms in total. The molecule has 0 spiro atoms. The Morgan fingerprint density at radius 1 is 0.352 bits per heavy atom. The summed E-state index contributed by atoms with van der Waals surface area (Å²) >= 11 is 0. The summed E-state index contributed by atoms with van der Waals surface area (Å²) < 4.78 is 0. The van der Waals surface area contributed by atoms with E-state index in [2.05, 4.69) is 141 Å². The number of allylic oxidation sites excluding steroid dienone is 21. The van der Waals surface area contributed by atoms with Crippen molar-refractivity contribution in [2.45, 2.75) is 276 Å². The van der Waals surface area contributed by atoms with E-state index >= 15 is 0 Å². The first-order chi connectivity index (χ1) is 35.2. The van der Waals surface area contributed by atoms with Gasteiger partial charge >= 0.3 is 0 Å². The second kappa shape index (κ2) is 60.8. The molecule has 0 radical (unpaired) electrons. The van der Waals surface area contributed by atoms with Crippen LogP contribution in [0.2, 0.25) is 0 Å². The van der Waals surface area contributed by atoms with Gasteiger partial charge < -0.3 is 15.5 Å². The normalized spacial score (nSPS) is 13.8. The lowest BCUT2D eigenvalue weighted by molar-refractivity contribution is -0.123. The molecule has 0 saturated heterocycles. The van der Waals surface area contributed by atoms with E-state index in [0.717, 1.165) is 96.3 Å². The lowest BCUT2D eigenvalue weighted by Gasteiger charge is -2.19. The lowest BCUT2D eigenvalue weighted by atomic mass is 10.0. The molecule has 0 bridgehead atoms. The fraction of sp³-hybridized carbons (Fsp3) is 0.657. The van der Waals surface area contributed by atoms with E-state index in [0.29, 0.717) is 6.42 Å². The number of rotatable bonds is 53. The van der Waals surface area contributed by atoms with Crippen LogP contribution in [0.4, 0.5) is 0 Å². The number of nitrogens with one attached hydrogen (secondary N) is 1. The van der Waals surface area contributed by atoms with Gasteiger partial charge in [0.1, 0.15) is 0 Å². The predicted octanol–water partition coefficient (Wildman–Crippen LogP) is 20.2. The first kappa shape index (κ1) is 67.5. The van der Waals surface area contributed by atoms with Crippen molar-refractivity contribution in [2.24, 2.45) is 0 Å². The van der Waals surface area contributed by atoms with Crippen LogP contribution in [0.5, 0.6) is 0 Å². The summed E-state index contributed by atoms with van der Waals surface area (Å²) in [5.74, 6) is -0.0841. The van der Waals surface area contributed by atoms with Crippen LogP contribution in [0, 0.1) is 0 Å². The van der Waals surface area contributed by atoms with E-state index in [1.807, 2.05) is 6.08 Å². The van der Waals surface area contributed by atoms with E-state index in [9.17, 15) is 15.0 Å². The molecule has 2 atom stereocenters. The quantitative estimate of drug-likeness (QED) is 0.0420. The molecule has 0 aromatic heterocycles. The van der Waals surface area contributed by atoms with E-state index in [1.165, 1.54) is 148 Å². The second-order valence-corrected chi connectivity index (χ2v) is 19.7. The standard InChI is InChI=1S/C67H113NO3/c1-3-5-7-9-11-13-15-17-19-21-23-25-27-28-29-30-31-32-33-34-35-36-37-38-39-40-41-43-45-47-49-51-53-55-57-59-61-63-67(71)68-65(64-69)66(70)62-60-58-56-54-52-50-48-46-44-42-26-24-22-20-18-16-14-12-10-8-6-4-2/h5,7,11,13,17,19,23,25,28-29,31-32,34-35,37-38,40-41,52,54,60,62,65-66,69-70H,3-4,6,8-10,12,14-16,18,20-22,24,26-27,30,33,36,39,42-51,53,55-59,61,63-64H2,1-2H3,(H,68,71)/b7-5-,13-11-,19-17-,25-23-,29-28-,32-31-,35-34-,38-37-,41-40-,54-52+,62-60+. The summed E-state index contributed by atoms with van der Waals surface area (Å²) in [6.07, 6.45) is 94.7. The Kier molecular flexibility index (Phi) is 57.9. The van der Waals surface area contributed by atoms with E-state index in [-0.39, 0.29) is 12.5 Å². The third-order valence-electron chi connectivity index (χ3n) is 12.9. The molecule has 0 aliphatic carbocycles. The molecule has 0 heterocycles. The Morgan fingerprint density at radius 3 is 0.986 bits per heavy atom. The molecule has 0 aromatic carbocycles. The van der Waals surface area contributed by atoms with Crippen LogP contribution in [-0.4, -0.2) is 34.9 Å². The average Bonchev–Trinajstić information content (AvgIpc) is 3.37.